The van der Waals surface area contributed by atoms with E-state index in [0.717, 1.165) is 24.7 Å². The Kier molecular flexibility index (Phi) is 4.38. The molecule has 4 amide bonds. The van der Waals surface area contributed by atoms with E-state index in [9.17, 15) is 14.4 Å². The van der Waals surface area contributed by atoms with Crippen LogP contribution in [0, 0.1) is 13.8 Å². The number of aryl methyl sites for hydroxylation is 2. The quantitative estimate of drug-likeness (QED) is 0.611. The van der Waals surface area contributed by atoms with Gasteiger partial charge in [0.1, 0.15) is 5.57 Å². The summed E-state index contributed by atoms with van der Waals surface area (Å²) >= 11 is 4.73. The van der Waals surface area contributed by atoms with Crippen molar-refractivity contribution < 1.29 is 14.4 Å². The normalized spacial score (nSPS) is 16.7. The lowest BCUT2D eigenvalue weighted by molar-refractivity contribution is -0.122. The number of carbonyl (C=O) groups is 3. The first-order chi connectivity index (χ1) is 11.3. The number of hydrogen-bond donors (Lipinski definition) is 1. The average Bonchev–Trinajstić information content (AvgIpc) is 2.87. The van der Waals surface area contributed by atoms with Gasteiger partial charge in [-0.2, -0.15) is 0 Å². The van der Waals surface area contributed by atoms with Crippen molar-refractivity contribution in [1.29, 1.82) is 0 Å². The monoisotopic (exact) mass is 404 g/mol. The highest BCUT2D eigenvalue weighted by Crippen LogP contribution is 2.27. The molecule has 1 aromatic heterocycles. The predicted octanol–water partition coefficient (Wildman–Crippen LogP) is 3.79. The van der Waals surface area contributed by atoms with E-state index in [1.54, 1.807) is 18.2 Å². The Bertz CT molecular complexity index is 881. The zero-order valence-corrected chi connectivity index (χ0v) is 15.3. The molecule has 2 heterocycles. The minimum atomic E-state index is -0.737. The number of barbiturate groups is 1. The number of anilines is 1. The molecule has 1 N–H and O–H groups in total. The standard InChI is InChI=1S/C17H13BrN2O3S/c1-9-5-10(2)7-11(6-9)20-16(22)13(15(21)19-17(20)23)8-12-3-4-14(18)24-12/h3-8H,1-2H3,(H,19,21,23)/b13-8-. The number of amides is 4. The van der Waals surface area contributed by atoms with Crippen LogP contribution in [0.25, 0.3) is 6.08 Å². The second-order valence-electron chi connectivity index (χ2n) is 5.45. The van der Waals surface area contributed by atoms with Gasteiger partial charge in [-0.15, -0.1) is 11.3 Å². The zero-order chi connectivity index (χ0) is 17.4. The number of carbonyl (C=O) groups excluding carboxylic acids is 3. The van der Waals surface area contributed by atoms with Gasteiger partial charge in [-0.3, -0.25) is 14.9 Å². The van der Waals surface area contributed by atoms with Crippen LogP contribution in [-0.2, 0) is 9.59 Å². The fourth-order valence-electron chi connectivity index (χ4n) is 2.52. The maximum absolute atomic E-state index is 12.7. The predicted molar refractivity (Wildman–Crippen MR) is 96.9 cm³/mol. The fraction of sp³-hybridized carbons (Fsp3) is 0.118. The van der Waals surface area contributed by atoms with Crippen molar-refractivity contribution in [2.45, 2.75) is 13.8 Å². The maximum Gasteiger partial charge on any atom is 0.335 e. The summed E-state index contributed by atoms with van der Waals surface area (Å²) in [5.41, 5.74) is 2.23. The van der Waals surface area contributed by atoms with E-state index in [4.69, 9.17) is 0 Å². The van der Waals surface area contributed by atoms with E-state index in [2.05, 4.69) is 21.2 Å². The molecule has 0 atom stereocenters. The summed E-state index contributed by atoms with van der Waals surface area (Å²) in [5.74, 6) is -1.31. The van der Waals surface area contributed by atoms with Crippen molar-refractivity contribution in [3.05, 3.63) is 55.7 Å². The highest BCUT2D eigenvalue weighted by Gasteiger charge is 2.37. The minimum Gasteiger partial charge on any atom is -0.273 e. The molecule has 122 valence electrons. The van der Waals surface area contributed by atoms with Crippen molar-refractivity contribution in [2.24, 2.45) is 0 Å². The summed E-state index contributed by atoms with van der Waals surface area (Å²) in [6.07, 6.45) is 1.50. The number of benzene rings is 1. The van der Waals surface area contributed by atoms with E-state index in [1.165, 1.54) is 17.4 Å². The first-order valence-corrected chi connectivity index (χ1v) is 8.71. The molecule has 0 aliphatic carbocycles. The third-order valence-electron chi connectivity index (χ3n) is 3.45. The molecule has 7 heteroatoms. The van der Waals surface area contributed by atoms with Crippen LogP contribution in [0.2, 0.25) is 0 Å². The number of nitrogens with one attached hydrogen (secondary N) is 1. The molecule has 2 aromatic rings. The number of thiophene rings is 1. The van der Waals surface area contributed by atoms with Gasteiger partial charge >= 0.3 is 6.03 Å². The molecular formula is C17H13BrN2O3S. The van der Waals surface area contributed by atoms with Gasteiger partial charge in [0, 0.05) is 4.88 Å². The van der Waals surface area contributed by atoms with E-state index >= 15 is 0 Å². The molecule has 1 aliphatic rings. The first kappa shape index (κ1) is 16.6. The van der Waals surface area contributed by atoms with Crippen molar-refractivity contribution in [3.8, 4) is 0 Å². The summed E-state index contributed by atoms with van der Waals surface area (Å²) < 4.78 is 0.889. The molecule has 0 spiro atoms. The van der Waals surface area contributed by atoms with Crippen LogP contribution in [0.5, 0.6) is 0 Å². The van der Waals surface area contributed by atoms with Crippen molar-refractivity contribution >= 4 is 56.9 Å². The smallest absolute Gasteiger partial charge is 0.273 e. The Morgan fingerprint density at radius 1 is 1.08 bits per heavy atom. The minimum absolute atomic E-state index is 0.0666. The second-order valence-corrected chi connectivity index (χ2v) is 7.94. The molecule has 1 aliphatic heterocycles. The van der Waals surface area contributed by atoms with E-state index in [-0.39, 0.29) is 5.57 Å². The maximum atomic E-state index is 12.7. The third kappa shape index (κ3) is 3.18. The van der Waals surface area contributed by atoms with Crippen LogP contribution in [0.4, 0.5) is 10.5 Å². The van der Waals surface area contributed by atoms with Gasteiger partial charge in [-0.25, -0.2) is 9.69 Å². The zero-order valence-electron chi connectivity index (χ0n) is 12.9. The lowest BCUT2D eigenvalue weighted by Gasteiger charge is -2.26. The molecule has 1 saturated heterocycles. The molecule has 0 bridgehead atoms. The summed E-state index contributed by atoms with van der Waals surface area (Å²) in [7, 11) is 0. The van der Waals surface area contributed by atoms with Gasteiger partial charge in [0.15, 0.2) is 0 Å². The lowest BCUT2D eigenvalue weighted by Crippen LogP contribution is -2.54. The summed E-state index contributed by atoms with van der Waals surface area (Å²) in [6, 6.07) is 8.30. The second kappa shape index (κ2) is 6.33. The molecular weight excluding hydrogens is 392 g/mol. The van der Waals surface area contributed by atoms with Gasteiger partial charge in [0.2, 0.25) is 0 Å². The largest absolute Gasteiger partial charge is 0.335 e. The first-order valence-electron chi connectivity index (χ1n) is 7.10. The number of urea groups is 1. The highest BCUT2D eigenvalue weighted by atomic mass is 79.9. The molecule has 0 saturated carbocycles. The fourth-order valence-corrected chi connectivity index (χ4v) is 3.89. The molecule has 24 heavy (non-hydrogen) atoms. The Balaban J connectivity index is 2.04. The molecule has 0 radical (unpaired) electrons. The van der Waals surface area contributed by atoms with E-state index in [1.807, 2.05) is 26.0 Å². The number of halogens is 1. The highest BCUT2D eigenvalue weighted by molar-refractivity contribution is 9.11. The number of rotatable bonds is 2. The van der Waals surface area contributed by atoms with Gasteiger partial charge in [-0.05, 0) is 71.2 Å². The summed E-state index contributed by atoms with van der Waals surface area (Å²) in [6.45, 7) is 3.77. The third-order valence-corrected chi connectivity index (χ3v) is 5.02. The van der Waals surface area contributed by atoms with Crippen LogP contribution in [0.15, 0.2) is 39.7 Å². The lowest BCUT2D eigenvalue weighted by atomic mass is 10.1. The van der Waals surface area contributed by atoms with Crippen LogP contribution >= 0.6 is 27.3 Å². The van der Waals surface area contributed by atoms with E-state index < -0.39 is 17.8 Å². The Labute approximate surface area is 151 Å². The van der Waals surface area contributed by atoms with Crippen LogP contribution in [0.3, 0.4) is 0 Å². The molecule has 5 nitrogen and oxygen atoms in total. The van der Waals surface area contributed by atoms with Gasteiger partial charge in [-0.1, -0.05) is 6.07 Å². The molecule has 1 aromatic carbocycles. The Morgan fingerprint density at radius 2 is 1.75 bits per heavy atom. The number of hydrogen-bond acceptors (Lipinski definition) is 4. The Morgan fingerprint density at radius 3 is 2.33 bits per heavy atom. The Hall–Kier alpha value is -2.25. The van der Waals surface area contributed by atoms with Gasteiger partial charge < -0.3 is 0 Å². The summed E-state index contributed by atoms with van der Waals surface area (Å²) in [4.78, 5) is 38.8. The SMILES string of the molecule is Cc1cc(C)cc(N2C(=O)NC(=O)/C(=C/c3ccc(Br)s3)C2=O)c1. The van der Waals surface area contributed by atoms with Crippen molar-refractivity contribution in [2.75, 3.05) is 4.90 Å². The molecule has 1 fully saturated rings. The topological polar surface area (TPSA) is 66.5 Å². The average molecular weight is 405 g/mol. The van der Waals surface area contributed by atoms with Crippen LogP contribution < -0.4 is 10.2 Å². The number of nitrogens with zero attached hydrogens (tertiary/aromatic N) is 1. The molecule has 0 unspecified atom stereocenters. The van der Waals surface area contributed by atoms with E-state index in [0.29, 0.717) is 5.69 Å². The van der Waals surface area contributed by atoms with Crippen LogP contribution in [0.1, 0.15) is 16.0 Å². The van der Waals surface area contributed by atoms with Gasteiger partial charge in [0.05, 0.1) is 9.47 Å². The summed E-state index contributed by atoms with van der Waals surface area (Å²) in [5, 5.41) is 2.23. The molecule has 3 rings (SSSR count). The van der Waals surface area contributed by atoms with Crippen LogP contribution in [-0.4, -0.2) is 17.8 Å². The van der Waals surface area contributed by atoms with Crippen molar-refractivity contribution in [1.82, 2.24) is 5.32 Å². The van der Waals surface area contributed by atoms with Gasteiger partial charge in [0.25, 0.3) is 11.8 Å². The number of imide groups is 2. The van der Waals surface area contributed by atoms with Crippen molar-refractivity contribution in [3.63, 3.8) is 0 Å².